The summed E-state index contributed by atoms with van der Waals surface area (Å²) in [5, 5.41) is 11.2. The third kappa shape index (κ3) is 3.85. The predicted molar refractivity (Wildman–Crippen MR) is 93.5 cm³/mol. The molecule has 1 saturated heterocycles. The molecular weight excluding hydrogens is 306 g/mol. The van der Waals surface area contributed by atoms with E-state index in [1.54, 1.807) is 6.33 Å². The molecule has 134 valence electrons. The second-order valence-corrected chi connectivity index (χ2v) is 7.05. The average Bonchev–Trinajstić information content (AvgIpc) is 2.86. The van der Waals surface area contributed by atoms with E-state index in [1.165, 1.54) is 0 Å². The molecule has 2 heterocycles. The number of piperazine rings is 1. The summed E-state index contributed by atoms with van der Waals surface area (Å²) in [6.07, 6.45) is 1.66. The number of carbonyl (C=O) groups excluding carboxylic acids is 1. The van der Waals surface area contributed by atoms with Crippen LogP contribution in [0.2, 0.25) is 0 Å². The van der Waals surface area contributed by atoms with Gasteiger partial charge in [-0.15, -0.1) is 10.2 Å². The zero-order chi connectivity index (χ0) is 17.9. The molecule has 1 amide bonds. The molecule has 1 N–H and O–H groups in total. The molecule has 1 aromatic heterocycles. The van der Waals surface area contributed by atoms with E-state index in [9.17, 15) is 4.79 Å². The minimum Gasteiger partial charge on any atom is -0.356 e. The van der Waals surface area contributed by atoms with Crippen LogP contribution in [0, 0.1) is 0 Å². The number of rotatable bonds is 4. The van der Waals surface area contributed by atoms with Gasteiger partial charge >= 0.3 is 0 Å². The van der Waals surface area contributed by atoms with Crippen molar-refractivity contribution in [1.29, 1.82) is 0 Å². The van der Waals surface area contributed by atoms with E-state index < -0.39 is 0 Å². The van der Waals surface area contributed by atoms with Gasteiger partial charge in [0, 0.05) is 26.2 Å². The molecule has 8 nitrogen and oxygen atoms in total. The van der Waals surface area contributed by atoms with E-state index in [1.807, 2.05) is 28.3 Å². The van der Waals surface area contributed by atoms with Crippen LogP contribution in [0.25, 0.3) is 0 Å². The molecule has 0 aliphatic carbocycles. The minimum absolute atomic E-state index is 0.130. The van der Waals surface area contributed by atoms with Crippen molar-refractivity contribution in [1.82, 2.24) is 29.9 Å². The van der Waals surface area contributed by atoms with Crippen LogP contribution in [-0.2, 0) is 18.4 Å². The highest BCUT2D eigenvalue weighted by Gasteiger charge is 2.40. The van der Waals surface area contributed by atoms with Crippen molar-refractivity contribution in [2.75, 3.05) is 19.6 Å². The summed E-state index contributed by atoms with van der Waals surface area (Å²) < 4.78 is 1.85. The Hall–Kier alpha value is -2.12. The lowest BCUT2D eigenvalue weighted by Crippen LogP contribution is -2.66. The standard InChI is InChI=1S/C16H29N7O/c1-7-17-15(18-8-13-20-19-11-21(13)6)22-9-14(24)23(12(2)3)16(4,5)10-22/h11-12H,7-10H2,1-6H3,(H,17,18). The number of guanidine groups is 1. The first-order valence-electron chi connectivity index (χ1n) is 8.44. The predicted octanol–water partition coefficient (Wildman–Crippen LogP) is 0.612. The zero-order valence-electron chi connectivity index (χ0n) is 15.6. The van der Waals surface area contributed by atoms with E-state index in [4.69, 9.17) is 0 Å². The van der Waals surface area contributed by atoms with Crippen molar-refractivity contribution in [2.45, 2.75) is 52.7 Å². The quantitative estimate of drug-likeness (QED) is 0.644. The van der Waals surface area contributed by atoms with Gasteiger partial charge in [-0.05, 0) is 34.6 Å². The van der Waals surface area contributed by atoms with Gasteiger partial charge in [0.1, 0.15) is 12.9 Å². The molecule has 0 aromatic carbocycles. The molecule has 0 saturated carbocycles. The van der Waals surface area contributed by atoms with Crippen molar-refractivity contribution in [2.24, 2.45) is 12.0 Å². The smallest absolute Gasteiger partial charge is 0.242 e. The third-order valence-electron chi connectivity index (χ3n) is 4.15. The van der Waals surface area contributed by atoms with Crippen molar-refractivity contribution >= 4 is 11.9 Å². The fourth-order valence-corrected chi connectivity index (χ4v) is 3.33. The molecular formula is C16H29N7O. The zero-order valence-corrected chi connectivity index (χ0v) is 15.6. The maximum Gasteiger partial charge on any atom is 0.242 e. The Bertz CT molecular complexity index is 605. The van der Waals surface area contributed by atoms with Crippen molar-refractivity contribution in [3.63, 3.8) is 0 Å². The summed E-state index contributed by atoms with van der Waals surface area (Å²) in [6.45, 7) is 12.6. The monoisotopic (exact) mass is 335 g/mol. The molecule has 0 unspecified atom stereocenters. The Balaban J connectivity index is 2.19. The molecule has 1 aromatic rings. The van der Waals surface area contributed by atoms with Crippen LogP contribution in [0.3, 0.4) is 0 Å². The molecule has 24 heavy (non-hydrogen) atoms. The summed E-state index contributed by atoms with van der Waals surface area (Å²) in [5.41, 5.74) is -0.246. The largest absolute Gasteiger partial charge is 0.356 e. The number of nitrogens with one attached hydrogen (secondary N) is 1. The molecule has 2 rings (SSSR count). The fourth-order valence-electron chi connectivity index (χ4n) is 3.33. The Kier molecular flexibility index (Phi) is 5.46. The lowest BCUT2D eigenvalue weighted by molar-refractivity contribution is -0.145. The molecule has 1 aliphatic heterocycles. The van der Waals surface area contributed by atoms with Crippen LogP contribution < -0.4 is 5.32 Å². The highest BCUT2D eigenvalue weighted by atomic mass is 16.2. The third-order valence-corrected chi connectivity index (χ3v) is 4.15. The number of carbonyl (C=O) groups is 1. The van der Waals surface area contributed by atoms with E-state index in [2.05, 4.69) is 48.2 Å². The summed E-state index contributed by atoms with van der Waals surface area (Å²) >= 11 is 0. The van der Waals surface area contributed by atoms with Crippen LogP contribution in [-0.4, -0.2) is 67.6 Å². The van der Waals surface area contributed by atoms with Gasteiger partial charge in [0.05, 0.1) is 12.1 Å². The molecule has 8 heteroatoms. The van der Waals surface area contributed by atoms with Crippen LogP contribution in [0.1, 0.15) is 40.4 Å². The second-order valence-electron chi connectivity index (χ2n) is 7.05. The minimum atomic E-state index is -0.246. The van der Waals surface area contributed by atoms with E-state index in [-0.39, 0.29) is 17.5 Å². The van der Waals surface area contributed by atoms with Gasteiger partial charge in [-0.2, -0.15) is 0 Å². The maximum absolute atomic E-state index is 12.6. The van der Waals surface area contributed by atoms with E-state index in [0.29, 0.717) is 13.1 Å². The van der Waals surface area contributed by atoms with E-state index >= 15 is 0 Å². The highest BCUT2D eigenvalue weighted by Crippen LogP contribution is 2.24. The number of aryl methyl sites for hydroxylation is 1. The normalized spacial score (nSPS) is 18.5. The highest BCUT2D eigenvalue weighted by molar-refractivity contribution is 5.88. The maximum atomic E-state index is 12.6. The van der Waals surface area contributed by atoms with Crippen LogP contribution in [0.15, 0.2) is 11.3 Å². The van der Waals surface area contributed by atoms with Gasteiger partial charge in [0.2, 0.25) is 5.91 Å². The lowest BCUT2D eigenvalue weighted by atomic mass is 9.96. The first-order valence-corrected chi connectivity index (χ1v) is 8.44. The molecule has 0 bridgehead atoms. The Morgan fingerprint density at radius 3 is 2.67 bits per heavy atom. The van der Waals surface area contributed by atoms with Gasteiger partial charge < -0.3 is 19.7 Å². The van der Waals surface area contributed by atoms with Crippen LogP contribution in [0.5, 0.6) is 0 Å². The number of hydrogen-bond donors (Lipinski definition) is 1. The van der Waals surface area contributed by atoms with Crippen LogP contribution >= 0.6 is 0 Å². The van der Waals surface area contributed by atoms with Crippen LogP contribution in [0.4, 0.5) is 0 Å². The van der Waals surface area contributed by atoms with Gasteiger partial charge in [0.15, 0.2) is 11.8 Å². The number of hydrogen-bond acceptors (Lipinski definition) is 4. The van der Waals surface area contributed by atoms with Crippen molar-refractivity contribution < 1.29 is 4.79 Å². The molecule has 0 radical (unpaired) electrons. The first kappa shape index (κ1) is 18.2. The molecule has 0 atom stereocenters. The topological polar surface area (TPSA) is 78.6 Å². The van der Waals surface area contributed by atoms with Crippen molar-refractivity contribution in [3.8, 4) is 0 Å². The lowest BCUT2D eigenvalue weighted by Gasteiger charge is -2.49. The number of aromatic nitrogens is 3. The summed E-state index contributed by atoms with van der Waals surface area (Å²) in [4.78, 5) is 21.3. The molecule has 0 spiro atoms. The summed E-state index contributed by atoms with van der Waals surface area (Å²) in [6, 6.07) is 0.188. The first-order chi connectivity index (χ1) is 11.3. The van der Waals surface area contributed by atoms with Gasteiger partial charge in [0.25, 0.3) is 0 Å². The number of amides is 1. The Labute approximate surface area is 143 Å². The van der Waals surface area contributed by atoms with Gasteiger partial charge in [-0.1, -0.05) is 0 Å². The number of aliphatic imine (C=N–C) groups is 1. The Morgan fingerprint density at radius 1 is 1.46 bits per heavy atom. The average molecular weight is 335 g/mol. The van der Waals surface area contributed by atoms with Crippen molar-refractivity contribution in [3.05, 3.63) is 12.2 Å². The van der Waals surface area contributed by atoms with E-state index in [0.717, 1.165) is 24.9 Å². The molecule has 1 aliphatic rings. The summed E-state index contributed by atoms with van der Waals surface area (Å²) in [7, 11) is 1.89. The van der Waals surface area contributed by atoms with Gasteiger partial charge in [-0.3, -0.25) is 4.79 Å². The van der Waals surface area contributed by atoms with Gasteiger partial charge in [-0.25, -0.2) is 4.99 Å². The fraction of sp³-hybridized carbons (Fsp3) is 0.750. The Morgan fingerprint density at radius 2 is 2.17 bits per heavy atom. The number of nitrogens with zero attached hydrogens (tertiary/aromatic N) is 6. The SMILES string of the molecule is CCNC(=NCc1nncn1C)N1CC(=O)N(C(C)C)C(C)(C)C1. The molecule has 1 fully saturated rings. The second kappa shape index (κ2) is 7.19. The summed E-state index contributed by atoms with van der Waals surface area (Å²) in [5.74, 6) is 1.66.